The van der Waals surface area contributed by atoms with E-state index < -0.39 is 42.6 Å². The predicted molar refractivity (Wildman–Crippen MR) is 101 cm³/mol. The molecule has 0 saturated carbocycles. The van der Waals surface area contributed by atoms with E-state index in [-0.39, 0.29) is 18.0 Å². The monoisotopic (exact) mass is 453 g/mol. The van der Waals surface area contributed by atoms with Gasteiger partial charge >= 0.3 is 12.4 Å². The average molecular weight is 453 g/mol. The highest BCUT2D eigenvalue weighted by molar-refractivity contribution is 5.94. The van der Waals surface area contributed by atoms with Crippen LogP contribution in [-0.2, 0) is 11.0 Å². The Morgan fingerprint density at radius 2 is 1.71 bits per heavy atom. The van der Waals surface area contributed by atoms with E-state index in [1.165, 1.54) is 12.1 Å². The van der Waals surface area contributed by atoms with Gasteiger partial charge in [0.2, 0.25) is 5.91 Å². The van der Waals surface area contributed by atoms with Gasteiger partial charge in [-0.3, -0.25) is 9.59 Å². The van der Waals surface area contributed by atoms with Crippen LogP contribution >= 0.6 is 0 Å². The molecule has 1 aromatic rings. The molecule has 0 bridgehead atoms. The van der Waals surface area contributed by atoms with E-state index in [1.54, 1.807) is 0 Å². The summed E-state index contributed by atoms with van der Waals surface area (Å²) < 4.78 is 74.5. The van der Waals surface area contributed by atoms with E-state index in [1.807, 2.05) is 0 Å². The van der Waals surface area contributed by atoms with Crippen LogP contribution in [0.1, 0.15) is 41.6 Å². The highest BCUT2D eigenvalue weighted by atomic mass is 19.4. The van der Waals surface area contributed by atoms with Gasteiger partial charge in [0.1, 0.15) is 0 Å². The first-order valence-electron chi connectivity index (χ1n) is 9.95. The van der Waals surface area contributed by atoms with Crippen LogP contribution in [0.2, 0.25) is 0 Å². The fraction of sp³-hybridized carbons (Fsp3) is 0.600. The van der Waals surface area contributed by atoms with Crippen LogP contribution in [-0.4, -0.2) is 55.6 Å². The quantitative estimate of drug-likeness (QED) is 0.592. The van der Waals surface area contributed by atoms with Crippen molar-refractivity contribution in [2.45, 2.75) is 38.0 Å². The smallest absolute Gasteiger partial charge is 0.355 e. The van der Waals surface area contributed by atoms with Crippen molar-refractivity contribution in [3.63, 3.8) is 0 Å². The van der Waals surface area contributed by atoms with E-state index in [2.05, 4.69) is 15.5 Å². The van der Waals surface area contributed by atoms with Gasteiger partial charge < -0.3 is 15.5 Å². The molecule has 1 aliphatic rings. The number of nitrogens with one attached hydrogen (secondary N) is 2. The summed E-state index contributed by atoms with van der Waals surface area (Å²) in [6, 6.07) is 4.25. The molecule has 1 heterocycles. The standard InChI is InChI=1S/C20H25F6N3O2/c21-19(22,23)7-4-17(30)27-8-11-29-9-5-14(6-10-29)13-28-18(31)15-2-1-3-16(12-15)20(24,25)26/h1-3,12,14H,4-11,13H2,(H,27,30)(H,28,31). The van der Waals surface area contributed by atoms with Gasteiger partial charge in [0.05, 0.1) is 12.0 Å². The molecule has 0 atom stereocenters. The highest BCUT2D eigenvalue weighted by Gasteiger charge is 2.31. The predicted octanol–water partition coefficient (Wildman–Crippen LogP) is 3.61. The number of halogens is 6. The molecule has 2 rings (SSSR count). The van der Waals surface area contributed by atoms with E-state index >= 15 is 0 Å². The molecule has 1 aliphatic heterocycles. The number of hydrogen-bond acceptors (Lipinski definition) is 3. The normalized spacial score (nSPS) is 16.2. The Hall–Kier alpha value is -2.30. The van der Waals surface area contributed by atoms with Gasteiger partial charge in [0, 0.05) is 31.6 Å². The Bertz CT molecular complexity index is 743. The first-order valence-corrected chi connectivity index (χ1v) is 9.95. The van der Waals surface area contributed by atoms with Crippen LogP contribution in [0.5, 0.6) is 0 Å². The summed E-state index contributed by atoms with van der Waals surface area (Å²) in [5.41, 5.74) is -0.924. The maximum absolute atomic E-state index is 12.8. The second-order valence-electron chi connectivity index (χ2n) is 7.54. The van der Waals surface area contributed by atoms with Gasteiger partial charge in [-0.15, -0.1) is 0 Å². The Labute approximate surface area is 176 Å². The van der Waals surface area contributed by atoms with Crippen LogP contribution in [0.4, 0.5) is 26.3 Å². The van der Waals surface area contributed by atoms with Crippen molar-refractivity contribution in [2.24, 2.45) is 5.92 Å². The van der Waals surface area contributed by atoms with Gasteiger partial charge in [-0.25, -0.2) is 0 Å². The maximum atomic E-state index is 12.8. The number of alkyl halides is 6. The zero-order valence-corrected chi connectivity index (χ0v) is 16.8. The minimum absolute atomic E-state index is 0.0477. The minimum atomic E-state index is -4.51. The van der Waals surface area contributed by atoms with E-state index in [4.69, 9.17) is 0 Å². The number of rotatable bonds is 8. The highest BCUT2D eigenvalue weighted by Crippen LogP contribution is 2.29. The number of carbonyl (C=O) groups is 2. The zero-order chi connectivity index (χ0) is 23.1. The summed E-state index contributed by atoms with van der Waals surface area (Å²) in [6.45, 7) is 2.51. The van der Waals surface area contributed by atoms with E-state index in [0.29, 0.717) is 26.2 Å². The van der Waals surface area contributed by atoms with Crippen LogP contribution in [0.3, 0.4) is 0 Å². The second-order valence-corrected chi connectivity index (χ2v) is 7.54. The molecule has 0 aliphatic carbocycles. The fourth-order valence-corrected chi connectivity index (χ4v) is 3.29. The van der Waals surface area contributed by atoms with Crippen molar-refractivity contribution < 1.29 is 35.9 Å². The molecule has 0 radical (unpaired) electrons. The molecule has 1 aromatic carbocycles. The van der Waals surface area contributed by atoms with Crippen LogP contribution in [0, 0.1) is 5.92 Å². The van der Waals surface area contributed by atoms with Crippen molar-refractivity contribution in [3.05, 3.63) is 35.4 Å². The SMILES string of the molecule is O=C(CCC(F)(F)F)NCCN1CCC(CNC(=O)c2cccc(C(F)(F)F)c2)CC1. The first-order chi connectivity index (χ1) is 14.4. The third kappa shape index (κ3) is 9.16. The lowest BCUT2D eigenvalue weighted by Crippen LogP contribution is -2.42. The number of benzene rings is 1. The number of nitrogens with zero attached hydrogens (tertiary/aromatic N) is 1. The van der Waals surface area contributed by atoms with E-state index in [9.17, 15) is 35.9 Å². The lowest BCUT2D eigenvalue weighted by atomic mass is 9.96. The van der Waals surface area contributed by atoms with Crippen molar-refractivity contribution in [3.8, 4) is 0 Å². The van der Waals surface area contributed by atoms with E-state index in [0.717, 1.165) is 25.0 Å². The third-order valence-corrected chi connectivity index (χ3v) is 5.10. The summed E-state index contributed by atoms with van der Waals surface area (Å²) in [6.07, 6.45) is -9.08. The van der Waals surface area contributed by atoms with Crippen LogP contribution < -0.4 is 10.6 Å². The lowest BCUT2D eigenvalue weighted by molar-refractivity contribution is -0.144. The molecule has 0 unspecified atom stereocenters. The van der Waals surface area contributed by atoms with Gasteiger partial charge in [-0.05, 0) is 50.0 Å². The largest absolute Gasteiger partial charge is 0.416 e. The Morgan fingerprint density at radius 1 is 1.03 bits per heavy atom. The van der Waals surface area contributed by atoms with Crippen molar-refractivity contribution in [1.82, 2.24) is 15.5 Å². The number of amides is 2. The molecule has 0 spiro atoms. The molecule has 174 valence electrons. The van der Waals surface area contributed by atoms with Crippen LogP contribution in [0.15, 0.2) is 24.3 Å². The zero-order valence-electron chi connectivity index (χ0n) is 16.8. The molecule has 1 fully saturated rings. The molecule has 1 saturated heterocycles. The number of carbonyl (C=O) groups excluding carboxylic acids is 2. The molecule has 5 nitrogen and oxygen atoms in total. The van der Waals surface area contributed by atoms with Crippen LogP contribution in [0.25, 0.3) is 0 Å². The Morgan fingerprint density at radius 3 is 2.32 bits per heavy atom. The molecule has 2 amide bonds. The Balaban J connectivity index is 1.65. The van der Waals surface area contributed by atoms with Crippen molar-refractivity contribution >= 4 is 11.8 Å². The van der Waals surface area contributed by atoms with Gasteiger partial charge in [-0.1, -0.05) is 6.07 Å². The molecule has 0 aromatic heterocycles. The van der Waals surface area contributed by atoms with Gasteiger partial charge in [0.15, 0.2) is 0 Å². The summed E-state index contributed by atoms with van der Waals surface area (Å²) in [7, 11) is 0. The summed E-state index contributed by atoms with van der Waals surface area (Å²) in [4.78, 5) is 25.6. The third-order valence-electron chi connectivity index (χ3n) is 5.10. The summed E-state index contributed by atoms with van der Waals surface area (Å²) in [5, 5.41) is 5.14. The summed E-state index contributed by atoms with van der Waals surface area (Å²) in [5.74, 6) is -1.02. The number of hydrogen-bond donors (Lipinski definition) is 2. The van der Waals surface area contributed by atoms with Crippen molar-refractivity contribution in [1.29, 1.82) is 0 Å². The molecular weight excluding hydrogens is 428 g/mol. The van der Waals surface area contributed by atoms with Crippen molar-refractivity contribution in [2.75, 3.05) is 32.7 Å². The minimum Gasteiger partial charge on any atom is -0.355 e. The average Bonchev–Trinajstić information content (AvgIpc) is 2.70. The molecule has 31 heavy (non-hydrogen) atoms. The topological polar surface area (TPSA) is 61.4 Å². The number of piperidine rings is 1. The maximum Gasteiger partial charge on any atom is 0.416 e. The summed E-state index contributed by atoms with van der Waals surface area (Å²) >= 11 is 0. The number of likely N-dealkylation sites (tertiary alicyclic amines) is 1. The lowest BCUT2D eigenvalue weighted by Gasteiger charge is -2.32. The molecule has 11 heteroatoms. The Kier molecular flexibility index (Phi) is 8.72. The first kappa shape index (κ1) is 25.0. The van der Waals surface area contributed by atoms with Gasteiger partial charge in [0.25, 0.3) is 5.91 Å². The second kappa shape index (κ2) is 10.8. The molecule has 2 N–H and O–H groups in total. The fourth-order valence-electron chi connectivity index (χ4n) is 3.29. The molecular formula is C20H25F6N3O2. The van der Waals surface area contributed by atoms with Gasteiger partial charge in [-0.2, -0.15) is 26.3 Å².